The van der Waals surface area contributed by atoms with Crippen molar-refractivity contribution in [3.05, 3.63) is 25.1 Å². The first-order valence-electron chi connectivity index (χ1n) is 7.53. The highest BCUT2D eigenvalue weighted by atomic mass is 79.9. The lowest BCUT2D eigenvalue weighted by molar-refractivity contribution is -0.384. The normalized spacial score (nSPS) is 15.9. The number of hydrogen-bond acceptors (Lipinski definition) is 5. The molecule has 9 heteroatoms. The van der Waals surface area contributed by atoms with Crippen LogP contribution in [0.25, 0.3) is 11.0 Å². The smallest absolute Gasteiger partial charge is 0.312 e. The zero-order chi connectivity index (χ0) is 16.6. The summed E-state index contributed by atoms with van der Waals surface area (Å²) in [5, 5.41) is 14.9. The Morgan fingerprint density at radius 3 is 2.87 bits per heavy atom. The van der Waals surface area contributed by atoms with Gasteiger partial charge in [0, 0.05) is 30.7 Å². The van der Waals surface area contributed by atoms with Gasteiger partial charge in [0.15, 0.2) is 5.52 Å². The summed E-state index contributed by atoms with van der Waals surface area (Å²) < 4.78 is 3.14. The number of benzene rings is 1. The molecule has 0 saturated carbocycles. The minimum Gasteiger partial charge on any atom is -0.341 e. The summed E-state index contributed by atoms with van der Waals surface area (Å²) in [7, 11) is 0. The van der Waals surface area contributed by atoms with Gasteiger partial charge in [-0.2, -0.15) is 0 Å². The van der Waals surface area contributed by atoms with E-state index in [1.165, 1.54) is 0 Å². The summed E-state index contributed by atoms with van der Waals surface area (Å²) in [6.07, 6.45) is 1.03. The molecule has 0 radical (unpaired) electrons. The number of hydrogen-bond donors (Lipinski definition) is 1. The Balaban J connectivity index is 2.23. The standard InChI is InChI=1S/C14H17Br2N5O2/c1-2-20-10-8-9(15)11(16)13(21(22)23)12(10)18-14(20)19-6-3-4-17-5-7-19/h8,17H,2-7H2,1H3. The van der Waals surface area contributed by atoms with Crippen molar-refractivity contribution in [3.63, 3.8) is 0 Å². The van der Waals surface area contributed by atoms with Crippen molar-refractivity contribution >= 4 is 54.5 Å². The molecule has 0 bridgehead atoms. The maximum Gasteiger partial charge on any atom is 0.312 e. The largest absolute Gasteiger partial charge is 0.341 e. The summed E-state index contributed by atoms with van der Waals surface area (Å²) in [5.41, 5.74) is 1.22. The van der Waals surface area contributed by atoms with Crippen LogP contribution in [0.2, 0.25) is 0 Å². The minimum absolute atomic E-state index is 0.00997. The second kappa shape index (κ2) is 6.74. The Kier molecular flexibility index (Phi) is 4.88. The lowest BCUT2D eigenvalue weighted by Gasteiger charge is -2.21. The molecule has 0 aliphatic carbocycles. The lowest BCUT2D eigenvalue weighted by atomic mass is 10.2. The summed E-state index contributed by atoms with van der Waals surface area (Å²) in [4.78, 5) is 18.0. The van der Waals surface area contributed by atoms with Crippen LogP contribution in [0.1, 0.15) is 13.3 Å². The molecular weight excluding hydrogens is 430 g/mol. The summed E-state index contributed by atoms with van der Waals surface area (Å²) in [5.74, 6) is 0.805. The van der Waals surface area contributed by atoms with E-state index in [4.69, 9.17) is 0 Å². The Morgan fingerprint density at radius 2 is 2.17 bits per heavy atom. The first-order valence-corrected chi connectivity index (χ1v) is 9.11. The average Bonchev–Trinajstić information content (AvgIpc) is 2.71. The van der Waals surface area contributed by atoms with Gasteiger partial charge in [0.05, 0.1) is 10.4 Å². The highest BCUT2D eigenvalue weighted by molar-refractivity contribution is 9.13. The molecule has 2 aromatic rings. The average molecular weight is 447 g/mol. The highest BCUT2D eigenvalue weighted by Gasteiger charge is 2.27. The van der Waals surface area contributed by atoms with Gasteiger partial charge in [0.25, 0.3) is 0 Å². The quantitative estimate of drug-likeness (QED) is 0.578. The van der Waals surface area contributed by atoms with E-state index in [0.29, 0.717) is 21.0 Å². The van der Waals surface area contributed by atoms with Crippen LogP contribution in [0.15, 0.2) is 15.0 Å². The summed E-state index contributed by atoms with van der Waals surface area (Å²) in [6, 6.07) is 1.89. The molecule has 124 valence electrons. The van der Waals surface area contributed by atoms with Gasteiger partial charge < -0.3 is 14.8 Å². The van der Waals surface area contributed by atoms with Crippen molar-refractivity contribution < 1.29 is 4.92 Å². The van der Waals surface area contributed by atoms with Crippen molar-refractivity contribution in [2.45, 2.75) is 19.9 Å². The Labute approximate surface area is 150 Å². The van der Waals surface area contributed by atoms with Gasteiger partial charge in [-0.3, -0.25) is 10.1 Å². The second-order valence-electron chi connectivity index (χ2n) is 5.39. The van der Waals surface area contributed by atoms with E-state index >= 15 is 0 Å². The fourth-order valence-corrected chi connectivity index (χ4v) is 3.79. The molecule has 1 aliphatic heterocycles. The van der Waals surface area contributed by atoms with Crippen LogP contribution in [-0.2, 0) is 6.54 Å². The van der Waals surface area contributed by atoms with Gasteiger partial charge in [-0.15, -0.1) is 0 Å². The van der Waals surface area contributed by atoms with Crippen LogP contribution in [0, 0.1) is 10.1 Å². The van der Waals surface area contributed by atoms with E-state index in [0.717, 1.165) is 44.1 Å². The maximum atomic E-state index is 11.5. The monoisotopic (exact) mass is 445 g/mol. The molecule has 1 aliphatic rings. The zero-order valence-corrected chi connectivity index (χ0v) is 15.9. The number of nitrogens with zero attached hydrogens (tertiary/aromatic N) is 4. The zero-order valence-electron chi connectivity index (χ0n) is 12.7. The van der Waals surface area contributed by atoms with Crippen LogP contribution in [0.4, 0.5) is 11.6 Å². The molecule has 7 nitrogen and oxygen atoms in total. The molecule has 1 aromatic heterocycles. The van der Waals surface area contributed by atoms with Gasteiger partial charge in [0.1, 0.15) is 4.47 Å². The molecule has 1 fully saturated rings. The molecule has 0 unspecified atom stereocenters. The molecule has 0 spiro atoms. The van der Waals surface area contributed by atoms with Gasteiger partial charge in [0.2, 0.25) is 5.95 Å². The number of anilines is 1. The first-order chi connectivity index (χ1) is 11.0. The Hall–Kier alpha value is -1.19. The van der Waals surface area contributed by atoms with Crippen molar-refractivity contribution in [2.75, 3.05) is 31.1 Å². The number of nitrogens with one attached hydrogen (secondary N) is 1. The number of nitro benzene ring substituents is 1. The highest BCUT2D eigenvalue weighted by Crippen LogP contribution is 2.40. The number of aromatic nitrogens is 2. The molecule has 0 amide bonds. The molecule has 1 N–H and O–H groups in total. The third-order valence-electron chi connectivity index (χ3n) is 4.01. The summed E-state index contributed by atoms with van der Waals surface area (Å²) >= 11 is 6.71. The van der Waals surface area contributed by atoms with Crippen molar-refractivity contribution in [3.8, 4) is 0 Å². The molecule has 23 heavy (non-hydrogen) atoms. The van der Waals surface area contributed by atoms with E-state index in [9.17, 15) is 10.1 Å². The third kappa shape index (κ3) is 2.97. The Bertz CT molecular complexity index is 753. The number of imidazole rings is 1. The SMILES string of the molecule is CCn1c(N2CCCNCC2)nc2c([N+](=O)[O-])c(Br)c(Br)cc21. The molecule has 1 aromatic carbocycles. The Morgan fingerprint density at radius 1 is 1.39 bits per heavy atom. The fourth-order valence-electron chi connectivity index (χ4n) is 2.94. The fraction of sp³-hybridized carbons (Fsp3) is 0.500. The van der Waals surface area contributed by atoms with E-state index in [1.807, 2.05) is 17.6 Å². The lowest BCUT2D eigenvalue weighted by Crippen LogP contribution is -2.30. The van der Waals surface area contributed by atoms with Gasteiger partial charge >= 0.3 is 5.69 Å². The van der Waals surface area contributed by atoms with Crippen molar-refractivity contribution in [2.24, 2.45) is 0 Å². The minimum atomic E-state index is -0.377. The summed E-state index contributed by atoms with van der Waals surface area (Å²) in [6.45, 7) is 6.36. The molecule has 0 atom stereocenters. The van der Waals surface area contributed by atoms with Crippen LogP contribution < -0.4 is 10.2 Å². The topological polar surface area (TPSA) is 76.2 Å². The molecular formula is C14H17Br2N5O2. The number of halogens is 2. The van der Waals surface area contributed by atoms with E-state index in [2.05, 4.69) is 47.1 Å². The van der Waals surface area contributed by atoms with Crippen LogP contribution in [0.5, 0.6) is 0 Å². The molecule has 2 heterocycles. The van der Waals surface area contributed by atoms with E-state index in [1.54, 1.807) is 0 Å². The van der Waals surface area contributed by atoms with E-state index in [-0.39, 0.29) is 10.6 Å². The predicted molar refractivity (Wildman–Crippen MR) is 97.2 cm³/mol. The van der Waals surface area contributed by atoms with Gasteiger partial charge in [-0.1, -0.05) is 0 Å². The van der Waals surface area contributed by atoms with Gasteiger partial charge in [-0.25, -0.2) is 4.98 Å². The van der Waals surface area contributed by atoms with Crippen LogP contribution in [0.3, 0.4) is 0 Å². The second-order valence-corrected chi connectivity index (χ2v) is 7.04. The first kappa shape index (κ1) is 16.7. The number of nitro groups is 1. The van der Waals surface area contributed by atoms with Crippen molar-refractivity contribution in [1.29, 1.82) is 0 Å². The number of rotatable bonds is 3. The van der Waals surface area contributed by atoms with Crippen LogP contribution in [-0.4, -0.2) is 40.7 Å². The van der Waals surface area contributed by atoms with Crippen molar-refractivity contribution in [1.82, 2.24) is 14.9 Å². The van der Waals surface area contributed by atoms with Gasteiger partial charge in [-0.05, 0) is 57.8 Å². The third-order valence-corrected chi connectivity index (χ3v) is 5.97. The molecule has 3 rings (SSSR count). The molecule has 1 saturated heterocycles. The number of fused-ring (bicyclic) bond motifs is 1. The maximum absolute atomic E-state index is 11.5. The number of aryl methyl sites for hydroxylation is 1. The van der Waals surface area contributed by atoms with E-state index < -0.39 is 0 Å². The predicted octanol–water partition coefficient (Wildman–Crippen LogP) is 3.29. The van der Waals surface area contributed by atoms with Crippen LogP contribution >= 0.6 is 31.9 Å².